The predicted octanol–water partition coefficient (Wildman–Crippen LogP) is 4.65. The lowest BCUT2D eigenvalue weighted by Crippen LogP contribution is -2.19. The van der Waals surface area contributed by atoms with Crippen molar-refractivity contribution in [3.05, 3.63) is 83.9 Å². The number of sulfone groups is 1. The molecule has 3 aromatic carbocycles. The zero-order valence-corrected chi connectivity index (χ0v) is 19.5. The van der Waals surface area contributed by atoms with Crippen LogP contribution in [0, 0.1) is 0 Å². The molecule has 0 spiro atoms. The van der Waals surface area contributed by atoms with Crippen LogP contribution in [-0.2, 0) is 25.9 Å². The van der Waals surface area contributed by atoms with E-state index in [1.165, 1.54) is 25.3 Å². The van der Waals surface area contributed by atoms with Gasteiger partial charge in [-0.2, -0.15) is 0 Å². The Morgan fingerprint density at radius 1 is 0.909 bits per heavy atom. The molecule has 0 heterocycles. The van der Waals surface area contributed by atoms with Gasteiger partial charge in [0.15, 0.2) is 9.84 Å². The summed E-state index contributed by atoms with van der Waals surface area (Å²) in [4.78, 5) is 12.3. The molecule has 0 aliphatic heterocycles. The highest BCUT2D eigenvalue weighted by Gasteiger charge is 2.14. The Kier molecular flexibility index (Phi) is 8.08. The van der Waals surface area contributed by atoms with Gasteiger partial charge >= 0.3 is 5.97 Å². The molecule has 0 bridgehead atoms. The summed E-state index contributed by atoms with van der Waals surface area (Å²) in [7, 11) is -2.02. The largest absolute Gasteiger partial charge is 0.488 e. The number of carbonyl (C=O) groups excluding carboxylic acids is 1. The first-order chi connectivity index (χ1) is 15.7. The van der Waals surface area contributed by atoms with E-state index in [-0.39, 0.29) is 16.6 Å². The summed E-state index contributed by atoms with van der Waals surface area (Å²) in [6, 6.07) is 20.6. The summed E-state index contributed by atoms with van der Waals surface area (Å²) in [5.41, 5.74) is 1.32. The minimum Gasteiger partial charge on any atom is -0.488 e. The number of methoxy groups -OCH3 is 1. The first-order valence-electron chi connectivity index (χ1n) is 10.2. The fraction of sp³-hybridized carbons (Fsp3) is 0.240. The fourth-order valence-electron chi connectivity index (χ4n) is 3.01. The van der Waals surface area contributed by atoms with E-state index in [9.17, 15) is 13.2 Å². The number of carbonyl (C=O) groups is 1. The Balaban J connectivity index is 1.70. The third-order valence-electron chi connectivity index (χ3n) is 4.59. The molecule has 0 aromatic heterocycles. The normalized spacial score (nSPS) is 12.1. The Morgan fingerprint density at radius 2 is 1.58 bits per heavy atom. The maximum Gasteiger partial charge on any atom is 0.338 e. The second-order valence-corrected chi connectivity index (χ2v) is 9.48. The van der Waals surface area contributed by atoms with Crippen molar-refractivity contribution in [2.45, 2.75) is 24.5 Å². The Hall–Kier alpha value is -3.36. The molecule has 0 saturated carbocycles. The van der Waals surface area contributed by atoms with E-state index >= 15 is 0 Å². The highest BCUT2D eigenvalue weighted by molar-refractivity contribution is 7.90. The van der Waals surface area contributed by atoms with Crippen LogP contribution in [0.3, 0.4) is 0 Å². The molecule has 1 atom stereocenters. The van der Waals surface area contributed by atoms with Crippen molar-refractivity contribution in [2.24, 2.45) is 0 Å². The lowest BCUT2D eigenvalue weighted by atomic mass is 10.2. The molecule has 0 amide bonds. The van der Waals surface area contributed by atoms with Gasteiger partial charge in [0.25, 0.3) is 0 Å². The Bertz CT molecular complexity index is 1170. The maximum absolute atomic E-state index is 12.1. The first-order valence-corrected chi connectivity index (χ1v) is 12.1. The predicted molar refractivity (Wildman–Crippen MR) is 124 cm³/mol. The van der Waals surface area contributed by atoms with E-state index in [1.54, 1.807) is 24.3 Å². The van der Waals surface area contributed by atoms with E-state index in [2.05, 4.69) is 0 Å². The molecule has 7 nitrogen and oxygen atoms in total. The van der Waals surface area contributed by atoms with Crippen LogP contribution in [0.15, 0.2) is 77.7 Å². The van der Waals surface area contributed by atoms with Crippen molar-refractivity contribution < 1.29 is 32.2 Å². The molecule has 174 valence electrons. The van der Waals surface area contributed by atoms with Crippen molar-refractivity contribution >= 4 is 15.8 Å². The highest BCUT2D eigenvalue weighted by Crippen LogP contribution is 2.29. The van der Waals surface area contributed by atoms with Crippen LogP contribution in [0.2, 0.25) is 0 Å². The average Bonchev–Trinajstić information content (AvgIpc) is 2.79. The van der Waals surface area contributed by atoms with Gasteiger partial charge < -0.3 is 18.9 Å². The summed E-state index contributed by atoms with van der Waals surface area (Å²) in [5, 5.41) is 0. The minimum atomic E-state index is -3.31. The third-order valence-corrected chi connectivity index (χ3v) is 5.72. The second kappa shape index (κ2) is 11.0. The standard InChI is InChI=1S/C25H26O7S/c1-18(16-30-17-19-7-5-4-6-8-19)31-22-13-20(25(26)29-2)14-23(15-22)32-21-9-11-24(12-10-21)33(3,27)28/h4-15,18H,16-17H2,1-3H3/t18-/m0/s1. The molecule has 3 rings (SSSR count). The van der Waals surface area contributed by atoms with Gasteiger partial charge in [-0.25, -0.2) is 13.2 Å². The quantitative estimate of drug-likeness (QED) is 0.399. The van der Waals surface area contributed by atoms with Gasteiger partial charge in [-0.05, 0) is 48.9 Å². The molecular weight excluding hydrogens is 444 g/mol. The molecule has 3 aromatic rings. The molecule has 0 radical (unpaired) electrons. The zero-order chi connectivity index (χ0) is 23.8. The summed E-state index contributed by atoms with van der Waals surface area (Å²) in [6.45, 7) is 2.68. The molecular formula is C25H26O7S. The topological polar surface area (TPSA) is 88.1 Å². The number of hydrogen-bond acceptors (Lipinski definition) is 7. The van der Waals surface area contributed by atoms with Crippen LogP contribution in [-0.4, -0.2) is 40.5 Å². The van der Waals surface area contributed by atoms with Crippen molar-refractivity contribution in [1.29, 1.82) is 0 Å². The summed E-state index contributed by atoms with van der Waals surface area (Å²) in [5.74, 6) is 0.634. The number of benzene rings is 3. The SMILES string of the molecule is COC(=O)c1cc(Oc2ccc(S(C)(=O)=O)cc2)cc(O[C@@H](C)COCc2ccccc2)c1. The van der Waals surface area contributed by atoms with Gasteiger partial charge in [-0.3, -0.25) is 0 Å². The van der Waals surface area contributed by atoms with Gasteiger partial charge in [0.05, 0.1) is 30.8 Å². The molecule has 8 heteroatoms. The van der Waals surface area contributed by atoms with Gasteiger partial charge in [-0.15, -0.1) is 0 Å². The molecule has 0 aliphatic rings. The summed E-state index contributed by atoms with van der Waals surface area (Å²) < 4.78 is 45.6. The van der Waals surface area contributed by atoms with Crippen molar-refractivity contribution in [3.8, 4) is 17.2 Å². The lowest BCUT2D eigenvalue weighted by molar-refractivity contribution is 0.0489. The smallest absolute Gasteiger partial charge is 0.338 e. The van der Waals surface area contributed by atoms with E-state index < -0.39 is 15.8 Å². The number of ether oxygens (including phenoxy) is 4. The zero-order valence-electron chi connectivity index (χ0n) is 18.7. The second-order valence-electron chi connectivity index (χ2n) is 7.46. The summed E-state index contributed by atoms with van der Waals surface area (Å²) in [6.07, 6.45) is 0.848. The van der Waals surface area contributed by atoms with Crippen LogP contribution >= 0.6 is 0 Å². The molecule has 33 heavy (non-hydrogen) atoms. The van der Waals surface area contributed by atoms with Crippen LogP contribution in [0.25, 0.3) is 0 Å². The van der Waals surface area contributed by atoms with Gasteiger partial charge in [-0.1, -0.05) is 30.3 Å². The van der Waals surface area contributed by atoms with E-state index in [4.69, 9.17) is 18.9 Å². The molecule has 0 unspecified atom stereocenters. The minimum absolute atomic E-state index is 0.187. The third kappa shape index (κ3) is 7.34. The van der Waals surface area contributed by atoms with Gasteiger partial charge in [0, 0.05) is 12.3 Å². The molecule has 0 N–H and O–H groups in total. The first kappa shape index (κ1) is 24.3. The summed E-state index contributed by atoms with van der Waals surface area (Å²) >= 11 is 0. The van der Waals surface area contributed by atoms with Crippen molar-refractivity contribution in [2.75, 3.05) is 20.0 Å². The van der Waals surface area contributed by atoms with E-state index in [0.29, 0.717) is 30.5 Å². The highest BCUT2D eigenvalue weighted by atomic mass is 32.2. The van der Waals surface area contributed by atoms with Crippen LogP contribution in [0.4, 0.5) is 0 Å². The fourth-order valence-corrected chi connectivity index (χ4v) is 3.64. The van der Waals surface area contributed by atoms with E-state index in [1.807, 2.05) is 37.3 Å². The number of esters is 1. The number of rotatable bonds is 10. The van der Waals surface area contributed by atoms with Gasteiger partial charge in [0.2, 0.25) is 0 Å². The molecule has 0 fully saturated rings. The van der Waals surface area contributed by atoms with Crippen LogP contribution < -0.4 is 9.47 Å². The van der Waals surface area contributed by atoms with Gasteiger partial charge in [0.1, 0.15) is 23.4 Å². The van der Waals surface area contributed by atoms with Crippen LogP contribution in [0.5, 0.6) is 17.2 Å². The van der Waals surface area contributed by atoms with Crippen LogP contribution in [0.1, 0.15) is 22.8 Å². The molecule has 0 saturated heterocycles. The maximum atomic E-state index is 12.1. The average molecular weight is 471 g/mol. The van der Waals surface area contributed by atoms with Crippen molar-refractivity contribution in [3.63, 3.8) is 0 Å². The Morgan fingerprint density at radius 3 is 2.21 bits per heavy atom. The lowest BCUT2D eigenvalue weighted by Gasteiger charge is -2.17. The van der Waals surface area contributed by atoms with Crippen molar-refractivity contribution in [1.82, 2.24) is 0 Å². The van der Waals surface area contributed by atoms with E-state index in [0.717, 1.165) is 11.8 Å². The Labute approximate surface area is 193 Å². The number of hydrogen-bond donors (Lipinski definition) is 0. The monoisotopic (exact) mass is 470 g/mol. The molecule has 0 aliphatic carbocycles.